The molecule has 3 unspecified atom stereocenters. The fourth-order valence-electron chi connectivity index (χ4n) is 6.63. The number of aliphatic hydroxyl groups excluding tert-OH is 1. The average Bonchev–Trinajstić information content (AvgIpc) is 3.56. The lowest BCUT2D eigenvalue weighted by molar-refractivity contribution is -0.127. The van der Waals surface area contributed by atoms with E-state index in [9.17, 15) is 14.7 Å². The molecule has 7 nitrogen and oxygen atoms in total. The molecule has 2 saturated carbocycles. The van der Waals surface area contributed by atoms with E-state index in [4.69, 9.17) is 0 Å². The summed E-state index contributed by atoms with van der Waals surface area (Å²) < 4.78 is 0. The molecule has 3 aromatic carbocycles. The quantitative estimate of drug-likeness (QED) is 0.254. The zero-order chi connectivity index (χ0) is 30.2. The Balaban J connectivity index is 1.30. The predicted molar refractivity (Wildman–Crippen MR) is 173 cm³/mol. The molecule has 3 N–H and O–H groups in total. The number of hydrogen-bond acceptors (Lipinski definition) is 4. The van der Waals surface area contributed by atoms with Crippen molar-refractivity contribution >= 4 is 23.3 Å². The first kappa shape index (κ1) is 30.6. The van der Waals surface area contributed by atoms with Gasteiger partial charge in [0.15, 0.2) is 0 Å². The van der Waals surface area contributed by atoms with Gasteiger partial charge in [-0.25, -0.2) is 4.79 Å². The largest absolute Gasteiger partial charge is 0.394 e. The van der Waals surface area contributed by atoms with Gasteiger partial charge in [0.2, 0.25) is 5.91 Å². The highest BCUT2D eigenvalue weighted by Gasteiger charge is 2.33. The van der Waals surface area contributed by atoms with Gasteiger partial charge in [-0.2, -0.15) is 0 Å². The Hall–Kier alpha value is -3.84. The van der Waals surface area contributed by atoms with Crippen LogP contribution in [0.5, 0.6) is 0 Å². The monoisotopic (exact) mass is 582 g/mol. The van der Waals surface area contributed by atoms with Gasteiger partial charge >= 0.3 is 6.03 Å². The maximum atomic E-state index is 13.5. The van der Waals surface area contributed by atoms with Crippen molar-refractivity contribution in [3.8, 4) is 0 Å². The van der Waals surface area contributed by atoms with Crippen molar-refractivity contribution in [1.29, 1.82) is 0 Å². The van der Waals surface area contributed by atoms with Crippen LogP contribution < -0.4 is 20.4 Å². The number of hydrogen-bond donors (Lipinski definition) is 3. The van der Waals surface area contributed by atoms with Crippen molar-refractivity contribution in [3.63, 3.8) is 0 Å². The van der Waals surface area contributed by atoms with Crippen LogP contribution in [-0.2, 0) is 11.3 Å². The van der Waals surface area contributed by atoms with Crippen molar-refractivity contribution in [3.05, 3.63) is 95.6 Å². The van der Waals surface area contributed by atoms with E-state index in [1.807, 2.05) is 73.6 Å². The number of anilines is 2. The lowest BCUT2D eigenvalue weighted by atomic mass is 9.74. The van der Waals surface area contributed by atoms with Gasteiger partial charge in [-0.3, -0.25) is 9.69 Å². The minimum atomic E-state index is -0.410. The van der Waals surface area contributed by atoms with Crippen LogP contribution in [0.2, 0.25) is 0 Å². The van der Waals surface area contributed by atoms with E-state index in [1.165, 1.54) is 0 Å². The standard InChI is InChI=1S/C36H46N4O3/c1-39(2)30-20-22-31(23-21-30)40(36(43)37-29-12-6-7-13-29)24-26-16-18-27(19-17-26)32-14-8-9-15-33(32)35(42)38-34(25-41)28-10-4-3-5-11-28/h3-5,10-11,16-23,29,32-34,41H,6-9,12-15,24-25H2,1-2H3,(H,37,43)(H,38,42). The van der Waals surface area contributed by atoms with Crippen LogP contribution in [-0.4, -0.2) is 43.8 Å². The third-order valence-electron chi connectivity index (χ3n) is 9.16. The van der Waals surface area contributed by atoms with Gasteiger partial charge in [-0.05, 0) is 72.6 Å². The molecule has 3 aromatic rings. The van der Waals surface area contributed by atoms with E-state index in [1.54, 1.807) is 0 Å². The van der Waals surface area contributed by atoms with Gasteiger partial charge in [0, 0.05) is 37.4 Å². The highest BCUT2D eigenvalue weighted by Crippen LogP contribution is 2.38. The summed E-state index contributed by atoms with van der Waals surface area (Å²) in [6.07, 6.45) is 8.32. The molecular weight excluding hydrogens is 536 g/mol. The summed E-state index contributed by atoms with van der Waals surface area (Å²) in [5.74, 6) is -0.00728. The Morgan fingerprint density at radius 1 is 0.814 bits per heavy atom. The minimum absolute atomic E-state index is 0.00705. The molecule has 0 bridgehead atoms. The van der Waals surface area contributed by atoms with Gasteiger partial charge < -0.3 is 20.6 Å². The Kier molecular flexibility index (Phi) is 10.4. The molecule has 228 valence electrons. The molecule has 0 spiro atoms. The SMILES string of the molecule is CN(C)c1ccc(N(Cc2ccc(C3CCCCC3C(=O)NC(CO)c3ccccc3)cc2)C(=O)NC2CCCC2)cc1. The third-order valence-corrected chi connectivity index (χ3v) is 9.16. The van der Waals surface area contributed by atoms with E-state index in [-0.39, 0.29) is 36.4 Å². The number of nitrogens with zero attached hydrogens (tertiary/aromatic N) is 2. The molecule has 5 rings (SSSR count). The molecule has 0 aromatic heterocycles. The molecule has 0 radical (unpaired) electrons. The number of aliphatic hydroxyl groups is 1. The zero-order valence-corrected chi connectivity index (χ0v) is 25.5. The van der Waals surface area contributed by atoms with Crippen molar-refractivity contribution in [2.45, 2.75) is 75.9 Å². The van der Waals surface area contributed by atoms with E-state index in [0.717, 1.165) is 79.4 Å². The van der Waals surface area contributed by atoms with Crippen LogP contribution in [0.1, 0.15) is 80.0 Å². The molecule has 0 aliphatic heterocycles. The maximum Gasteiger partial charge on any atom is 0.322 e. The summed E-state index contributed by atoms with van der Waals surface area (Å²) in [4.78, 5) is 30.9. The maximum absolute atomic E-state index is 13.5. The highest BCUT2D eigenvalue weighted by molar-refractivity contribution is 5.92. The Bertz CT molecular complexity index is 1320. The first-order valence-corrected chi connectivity index (χ1v) is 15.8. The first-order chi connectivity index (χ1) is 20.9. The second-order valence-corrected chi connectivity index (χ2v) is 12.3. The molecule has 3 amide bonds. The van der Waals surface area contributed by atoms with Crippen molar-refractivity contribution in [2.24, 2.45) is 5.92 Å². The van der Waals surface area contributed by atoms with E-state index < -0.39 is 6.04 Å². The molecule has 2 fully saturated rings. The lowest BCUT2D eigenvalue weighted by Gasteiger charge is -2.32. The summed E-state index contributed by atoms with van der Waals surface area (Å²) in [6.45, 7) is 0.328. The highest BCUT2D eigenvalue weighted by atomic mass is 16.3. The Morgan fingerprint density at radius 3 is 2.09 bits per heavy atom. The van der Waals surface area contributed by atoms with Crippen LogP contribution >= 0.6 is 0 Å². The van der Waals surface area contributed by atoms with Gasteiger partial charge in [0.25, 0.3) is 0 Å². The molecule has 3 atom stereocenters. The van der Waals surface area contributed by atoms with Crippen LogP contribution in [0.4, 0.5) is 16.2 Å². The summed E-state index contributed by atoms with van der Waals surface area (Å²) in [6, 6.07) is 26.0. The summed E-state index contributed by atoms with van der Waals surface area (Å²) in [7, 11) is 4.02. The van der Waals surface area contributed by atoms with E-state index in [0.29, 0.717) is 6.54 Å². The molecule has 43 heavy (non-hydrogen) atoms. The van der Waals surface area contributed by atoms with Gasteiger partial charge in [-0.1, -0.05) is 80.3 Å². The molecule has 0 heterocycles. The van der Waals surface area contributed by atoms with Crippen molar-refractivity contribution < 1.29 is 14.7 Å². The van der Waals surface area contributed by atoms with Gasteiger partial charge in [-0.15, -0.1) is 0 Å². The number of urea groups is 1. The molecule has 0 saturated heterocycles. The smallest absolute Gasteiger partial charge is 0.322 e. The Morgan fingerprint density at radius 2 is 1.44 bits per heavy atom. The fraction of sp³-hybridized carbons (Fsp3) is 0.444. The second-order valence-electron chi connectivity index (χ2n) is 12.3. The molecular formula is C36H46N4O3. The van der Waals surface area contributed by atoms with Crippen molar-refractivity contribution in [2.75, 3.05) is 30.5 Å². The number of carbonyl (C=O) groups excluding carboxylic acids is 2. The summed E-state index contributed by atoms with van der Waals surface area (Å²) in [5, 5.41) is 16.4. The topological polar surface area (TPSA) is 84.9 Å². The zero-order valence-electron chi connectivity index (χ0n) is 25.5. The molecule has 2 aliphatic carbocycles. The first-order valence-electron chi connectivity index (χ1n) is 15.8. The predicted octanol–water partition coefficient (Wildman–Crippen LogP) is 6.54. The number of benzene rings is 3. The number of amides is 3. The van der Waals surface area contributed by atoms with Crippen LogP contribution in [0.25, 0.3) is 0 Å². The van der Waals surface area contributed by atoms with Crippen LogP contribution in [0.15, 0.2) is 78.9 Å². The number of nitrogens with one attached hydrogen (secondary N) is 2. The third kappa shape index (κ3) is 7.77. The summed E-state index contributed by atoms with van der Waals surface area (Å²) in [5.41, 5.74) is 5.06. The normalized spacial score (nSPS) is 19.4. The fourth-order valence-corrected chi connectivity index (χ4v) is 6.63. The lowest BCUT2D eigenvalue weighted by Crippen LogP contribution is -2.43. The number of rotatable bonds is 10. The van der Waals surface area contributed by atoms with Gasteiger partial charge in [0.05, 0.1) is 19.2 Å². The average molecular weight is 583 g/mol. The second kappa shape index (κ2) is 14.6. The van der Waals surface area contributed by atoms with Crippen molar-refractivity contribution in [1.82, 2.24) is 10.6 Å². The van der Waals surface area contributed by atoms with Crippen LogP contribution in [0.3, 0.4) is 0 Å². The molecule has 7 heteroatoms. The van der Waals surface area contributed by atoms with Gasteiger partial charge in [0.1, 0.15) is 0 Å². The Labute approximate surface area is 256 Å². The van der Waals surface area contributed by atoms with E-state index in [2.05, 4.69) is 39.8 Å². The summed E-state index contributed by atoms with van der Waals surface area (Å²) >= 11 is 0. The van der Waals surface area contributed by atoms with E-state index >= 15 is 0 Å². The minimum Gasteiger partial charge on any atom is -0.394 e. The number of carbonyl (C=O) groups is 2. The molecule has 2 aliphatic rings. The van der Waals surface area contributed by atoms with Crippen LogP contribution in [0, 0.1) is 5.92 Å².